The predicted molar refractivity (Wildman–Crippen MR) is 37.5 cm³/mol. The third-order valence-electron chi connectivity index (χ3n) is 1.82. The molecule has 0 aliphatic heterocycles. The van der Waals surface area contributed by atoms with Crippen molar-refractivity contribution in [1.29, 1.82) is 0 Å². The number of primary amides is 1. The van der Waals surface area contributed by atoms with Gasteiger partial charge in [-0.1, -0.05) is 6.92 Å². The smallest absolute Gasteiger partial charge is 0.404 e. The molecule has 1 amide bonds. The molecule has 1 fully saturated rings. The van der Waals surface area contributed by atoms with Crippen molar-refractivity contribution < 1.29 is 9.53 Å². The highest BCUT2D eigenvalue weighted by Gasteiger charge is 2.32. The first-order valence-corrected chi connectivity index (χ1v) is 3.70. The van der Waals surface area contributed by atoms with E-state index in [1.165, 1.54) is 12.8 Å². The molecule has 1 saturated carbocycles. The van der Waals surface area contributed by atoms with Crippen LogP contribution in [-0.4, -0.2) is 12.2 Å². The zero-order chi connectivity index (χ0) is 7.56. The second-order valence-corrected chi connectivity index (χ2v) is 2.72. The number of carbonyl (C=O) groups is 1. The average molecular weight is 143 g/mol. The van der Waals surface area contributed by atoms with Crippen LogP contribution in [0.1, 0.15) is 26.2 Å². The van der Waals surface area contributed by atoms with Crippen LogP contribution >= 0.6 is 0 Å². The molecule has 0 bridgehead atoms. The molecule has 58 valence electrons. The number of hydrogen-bond donors (Lipinski definition) is 1. The summed E-state index contributed by atoms with van der Waals surface area (Å²) < 4.78 is 4.86. The SMILES string of the molecule is CCC(OC(N)=O)C1CC1. The van der Waals surface area contributed by atoms with Crippen molar-refractivity contribution in [2.75, 3.05) is 0 Å². The van der Waals surface area contributed by atoms with E-state index in [2.05, 4.69) is 0 Å². The van der Waals surface area contributed by atoms with Gasteiger partial charge in [-0.05, 0) is 25.2 Å². The topological polar surface area (TPSA) is 52.3 Å². The van der Waals surface area contributed by atoms with Gasteiger partial charge in [0.25, 0.3) is 0 Å². The minimum Gasteiger partial charge on any atom is -0.446 e. The molecule has 0 aromatic carbocycles. The van der Waals surface area contributed by atoms with Gasteiger partial charge in [0.2, 0.25) is 0 Å². The maximum atomic E-state index is 10.3. The molecule has 0 saturated heterocycles. The van der Waals surface area contributed by atoms with Crippen LogP contribution in [0.2, 0.25) is 0 Å². The lowest BCUT2D eigenvalue weighted by Crippen LogP contribution is -2.23. The van der Waals surface area contributed by atoms with Crippen LogP contribution in [-0.2, 0) is 4.74 Å². The van der Waals surface area contributed by atoms with Crippen LogP contribution in [0.25, 0.3) is 0 Å². The Bertz CT molecular complexity index is 132. The molecule has 3 heteroatoms. The van der Waals surface area contributed by atoms with Crippen molar-refractivity contribution in [1.82, 2.24) is 0 Å². The van der Waals surface area contributed by atoms with Crippen LogP contribution < -0.4 is 5.73 Å². The van der Waals surface area contributed by atoms with Gasteiger partial charge in [-0.3, -0.25) is 0 Å². The number of hydrogen-bond acceptors (Lipinski definition) is 2. The Kier molecular flexibility index (Phi) is 2.14. The molecule has 3 nitrogen and oxygen atoms in total. The average Bonchev–Trinajstić information content (AvgIpc) is 2.63. The Morgan fingerprint density at radius 2 is 2.40 bits per heavy atom. The highest BCUT2D eigenvalue weighted by molar-refractivity contribution is 5.64. The first kappa shape index (κ1) is 7.38. The fraction of sp³-hybridized carbons (Fsp3) is 0.857. The maximum Gasteiger partial charge on any atom is 0.404 e. The van der Waals surface area contributed by atoms with E-state index in [-0.39, 0.29) is 6.10 Å². The zero-order valence-electron chi connectivity index (χ0n) is 6.17. The molecule has 10 heavy (non-hydrogen) atoms. The molecule has 1 aliphatic carbocycles. The van der Waals surface area contributed by atoms with E-state index in [0.29, 0.717) is 5.92 Å². The Morgan fingerprint density at radius 1 is 1.80 bits per heavy atom. The van der Waals surface area contributed by atoms with Gasteiger partial charge < -0.3 is 10.5 Å². The number of rotatable bonds is 3. The summed E-state index contributed by atoms with van der Waals surface area (Å²) in [6.07, 6.45) is 2.70. The van der Waals surface area contributed by atoms with Crippen LogP contribution in [0.5, 0.6) is 0 Å². The number of nitrogens with two attached hydrogens (primary N) is 1. The van der Waals surface area contributed by atoms with Crippen LogP contribution in [0.3, 0.4) is 0 Å². The normalized spacial score (nSPS) is 20.1. The lowest BCUT2D eigenvalue weighted by atomic mass is 10.2. The third kappa shape index (κ3) is 1.90. The minimum absolute atomic E-state index is 0.0810. The number of ether oxygens (including phenoxy) is 1. The van der Waals surface area contributed by atoms with E-state index >= 15 is 0 Å². The van der Waals surface area contributed by atoms with Gasteiger partial charge in [0.1, 0.15) is 6.10 Å². The van der Waals surface area contributed by atoms with Crippen LogP contribution in [0, 0.1) is 5.92 Å². The zero-order valence-corrected chi connectivity index (χ0v) is 6.17. The van der Waals surface area contributed by atoms with Crippen molar-refractivity contribution in [2.45, 2.75) is 32.3 Å². The van der Waals surface area contributed by atoms with E-state index in [1.807, 2.05) is 6.92 Å². The molecule has 0 aromatic rings. The van der Waals surface area contributed by atoms with E-state index in [9.17, 15) is 4.79 Å². The van der Waals surface area contributed by atoms with E-state index in [1.54, 1.807) is 0 Å². The standard InChI is InChI=1S/C7H13NO2/c1-2-6(5-3-4-5)10-7(8)9/h5-6H,2-4H2,1H3,(H2,8,9). The Labute approximate surface area is 60.5 Å². The van der Waals surface area contributed by atoms with Crippen LogP contribution in [0.15, 0.2) is 0 Å². The quantitative estimate of drug-likeness (QED) is 0.646. The summed E-state index contributed by atoms with van der Waals surface area (Å²) in [7, 11) is 0. The second kappa shape index (κ2) is 2.90. The lowest BCUT2D eigenvalue weighted by molar-refractivity contribution is 0.0910. The van der Waals surface area contributed by atoms with Crippen molar-refractivity contribution >= 4 is 6.09 Å². The summed E-state index contributed by atoms with van der Waals surface area (Å²) in [5.41, 5.74) is 4.87. The number of amides is 1. The van der Waals surface area contributed by atoms with Gasteiger partial charge in [-0.2, -0.15) is 0 Å². The van der Waals surface area contributed by atoms with E-state index in [0.717, 1.165) is 6.42 Å². The van der Waals surface area contributed by atoms with Gasteiger partial charge in [-0.25, -0.2) is 4.79 Å². The molecule has 0 spiro atoms. The van der Waals surface area contributed by atoms with Gasteiger partial charge in [0.15, 0.2) is 0 Å². The summed E-state index contributed by atoms with van der Waals surface area (Å²) >= 11 is 0. The van der Waals surface area contributed by atoms with Crippen molar-refractivity contribution in [3.8, 4) is 0 Å². The summed E-state index contributed by atoms with van der Waals surface area (Å²) in [5, 5.41) is 0. The molecule has 1 aliphatic rings. The van der Waals surface area contributed by atoms with Gasteiger partial charge in [-0.15, -0.1) is 0 Å². The van der Waals surface area contributed by atoms with E-state index < -0.39 is 6.09 Å². The van der Waals surface area contributed by atoms with Crippen molar-refractivity contribution in [3.05, 3.63) is 0 Å². The van der Waals surface area contributed by atoms with E-state index in [4.69, 9.17) is 10.5 Å². The van der Waals surface area contributed by atoms with Crippen LogP contribution in [0.4, 0.5) is 4.79 Å². The molecular weight excluding hydrogens is 130 g/mol. The molecule has 1 atom stereocenters. The Hall–Kier alpha value is -0.730. The monoisotopic (exact) mass is 143 g/mol. The largest absolute Gasteiger partial charge is 0.446 e. The Balaban J connectivity index is 2.25. The van der Waals surface area contributed by atoms with Crippen molar-refractivity contribution in [3.63, 3.8) is 0 Å². The lowest BCUT2D eigenvalue weighted by Gasteiger charge is -2.12. The maximum absolute atomic E-state index is 10.3. The molecule has 1 rings (SSSR count). The van der Waals surface area contributed by atoms with Gasteiger partial charge in [0.05, 0.1) is 0 Å². The molecule has 2 N–H and O–H groups in total. The first-order chi connectivity index (χ1) is 4.74. The number of carbonyl (C=O) groups excluding carboxylic acids is 1. The molecule has 0 radical (unpaired) electrons. The fourth-order valence-corrected chi connectivity index (χ4v) is 1.13. The first-order valence-electron chi connectivity index (χ1n) is 3.70. The molecule has 0 heterocycles. The second-order valence-electron chi connectivity index (χ2n) is 2.72. The molecule has 0 aromatic heterocycles. The van der Waals surface area contributed by atoms with Gasteiger partial charge in [0, 0.05) is 0 Å². The highest BCUT2D eigenvalue weighted by atomic mass is 16.6. The highest BCUT2D eigenvalue weighted by Crippen LogP contribution is 2.35. The summed E-state index contributed by atoms with van der Waals surface area (Å²) in [6.45, 7) is 2.01. The van der Waals surface area contributed by atoms with Crippen molar-refractivity contribution in [2.24, 2.45) is 11.7 Å². The molecule has 1 unspecified atom stereocenters. The summed E-state index contributed by atoms with van der Waals surface area (Å²) in [4.78, 5) is 10.3. The summed E-state index contributed by atoms with van der Waals surface area (Å²) in [6, 6.07) is 0. The summed E-state index contributed by atoms with van der Waals surface area (Å²) in [5.74, 6) is 0.595. The third-order valence-corrected chi connectivity index (χ3v) is 1.82. The Morgan fingerprint density at radius 3 is 2.70 bits per heavy atom. The van der Waals surface area contributed by atoms with Gasteiger partial charge >= 0.3 is 6.09 Å². The minimum atomic E-state index is -0.640. The predicted octanol–water partition coefficient (Wildman–Crippen LogP) is 1.27. The molecular formula is C7H13NO2. The fourth-order valence-electron chi connectivity index (χ4n) is 1.13.